The van der Waals surface area contributed by atoms with Crippen LogP contribution in [0.1, 0.15) is 76.1 Å². The van der Waals surface area contributed by atoms with Gasteiger partial charge in [0.05, 0.1) is 17.2 Å². The summed E-state index contributed by atoms with van der Waals surface area (Å²) >= 11 is 0. The van der Waals surface area contributed by atoms with Crippen molar-refractivity contribution < 1.29 is 14.3 Å². The Bertz CT molecular complexity index is 825. The Hall–Kier alpha value is -2.13. The first-order valence-corrected chi connectivity index (χ1v) is 9.94. The van der Waals surface area contributed by atoms with Gasteiger partial charge < -0.3 is 14.4 Å². The van der Waals surface area contributed by atoms with Crippen LogP contribution >= 0.6 is 0 Å². The lowest BCUT2D eigenvalue weighted by Crippen LogP contribution is -2.47. The van der Waals surface area contributed by atoms with Crippen molar-refractivity contribution in [2.24, 2.45) is 5.41 Å². The molecule has 0 saturated carbocycles. The number of carbonyl (C=O) groups is 1. The maximum atomic E-state index is 12.4. The van der Waals surface area contributed by atoms with E-state index in [9.17, 15) is 10.1 Å². The van der Waals surface area contributed by atoms with Crippen LogP contribution in [-0.2, 0) is 15.1 Å². The number of piperidine rings is 1. The predicted octanol–water partition coefficient (Wildman–Crippen LogP) is 4.55. The minimum absolute atomic E-state index is 0.289. The summed E-state index contributed by atoms with van der Waals surface area (Å²) in [5.41, 5.74) is 2.31. The van der Waals surface area contributed by atoms with Gasteiger partial charge in [-0.25, -0.2) is 4.79 Å². The van der Waals surface area contributed by atoms with Gasteiger partial charge in [-0.15, -0.1) is 0 Å². The van der Waals surface area contributed by atoms with E-state index in [1.165, 1.54) is 0 Å². The van der Waals surface area contributed by atoms with Crippen molar-refractivity contribution in [3.05, 3.63) is 28.6 Å². The van der Waals surface area contributed by atoms with Gasteiger partial charge in [-0.2, -0.15) is 5.26 Å². The van der Waals surface area contributed by atoms with E-state index < -0.39 is 16.6 Å². The van der Waals surface area contributed by atoms with Gasteiger partial charge >= 0.3 is 6.09 Å². The van der Waals surface area contributed by atoms with E-state index in [1.54, 1.807) is 4.90 Å². The lowest BCUT2D eigenvalue weighted by Gasteiger charge is -2.40. The highest BCUT2D eigenvalue weighted by Gasteiger charge is 2.53. The number of hydrogen-bond acceptors (Lipinski definition) is 5. The smallest absolute Gasteiger partial charge is 0.410 e. The lowest BCUT2D eigenvalue weighted by atomic mass is 9.82. The van der Waals surface area contributed by atoms with Crippen molar-refractivity contribution in [1.29, 1.82) is 5.26 Å². The molecule has 0 N–H and O–H groups in total. The number of likely N-dealkylation sites (tertiary alicyclic amines) is 1. The maximum absolute atomic E-state index is 12.4. The van der Waals surface area contributed by atoms with Crippen molar-refractivity contribution in [2.45, 2.75) is 78.6 Å². The number of carbonyl (C=O) groups excluding carboxylic acids is 1. The van der Waals surface area contributed by atoms with Gasteiger partial charge in [0.15, 0.2) is 0 Å². The molecule has 2 aliphatic rings. The molecular formula is C22H31N3O3. The van der Waals surface area contributed by atoms with Gasteiger partial charge in [0.1, 0.15) is 17.3 Å². The van der Waals surface area contributed by atoms with Crippen LogP contribution in [0.5, 0.6) is 0 Å². The fraction of sp³-hybridized carbons (Fsp3) is 0.682. The Labute approximate surface area is 167 Å². The van der Waals surface area contributed by atoms with E-state index in [1.807, 2.05) is 48.5 Å². The summed E-state index contributed by atoms with van der Waals surface area (Å²) in [5.74, 6) is 0. The molecule has 6 heteroatoms. The van der Waals surface area contributed by atoms with Gasteiger partial charge in [-0.3, -0.25) is 4.98 Å². The molecule has 0 aliphatic carbocycles. The van der Waals surface area contributed by atoms with Gasteiger partial charge in [0, 0.05) is 24.3 Å². The number of aryl methyl sites for hydroxylation is 2. The van der Waals surface area contributed by atoms with Crippen molar-refractivity contribution in [2.75, 3.05) is 13.1 Å². The van der Waals surface area contributed by atoms with Gasteiger partial charge in [0.25, 0.3) is 0 Å². The Morgan fingerprint density at radius 2 is 1.89 bits per heavy atom. The number of nitriles is 1. The second-order valence-corrected chi connectivity index (χ2v) is 9.62. The van der Waals surface area contributed by atoms with Crippen LogP contribution in [-0.4, -0.2) is 34.7 Å². The summed E-state index contributed by atoms with van der Waals surface area (Å²) in [6, 6.07) is 4.52. The monoisotopic (exact) mass is 385 g/mol. The fourth-order valence-corrected chi connectivity index (χ4v) is 3.96. The van der Waals surface area contributed by atoms with Crippen LogP contribution in [0.3, 0.4) is 0 Å². The molecule has 6 nitrogen and oxygen atoms in total. The minimum atomic E-state index is -0.663. The average molecular weight is 386 g/mol. The van der Waals surface area contributed by atoms with Crippen LogP contribution in [0.25, 0.3) is 0 Å². The summed E-state index contributed by atoms with van der Waals surface area (Å²) in [7, 11) is 0. The van der Waals surface area contributed by atoms with Gasteiger partial charge in [-0.1, -0.05) is 0 Å². The SMILES string of the molecule is Cc1cc2c(nc1C)C1(CCN(C(=O)OC(C)(C)C)CC1)O[C@@H]2C(C)(C)C#N. The Kier molecular flexibility index (Phi) is 4.95. The highest BCUT2D eigenvalue weighted by Crippen LogP contribution is 2.54. The largest absolute Gasteiger partial charge is 0.444 e. The third-order valence-corrected chi connectivity index (χ3v) is 5.72. The van der Waals surface area contributed by atoms with Crippen molar-refractivity contribution in [3.8, 4) is 6.07 Å². The second-order valence-electron chi connectivity index (χ2n) is 9.62. The molecular weight excluding hydrogens is 354 g/mol. The van der Waals surface area contributed by atoms with Crippen LogP contribution in [0.4, 0.5) is 4.79 Å². The molecule has 0 radical (unpaired) electrons. The minimum Gasteiger partial charge on any atom is -0.444 e. The normalized spacial score (nSPS) is 21.4. The molecule has 3 rings (SSSR count). The molecule has 1 aromatic rings. The van der Waals surface area contributed by atoms with Crippen molar-refractivity contribution in [3.63, 3.8) is 0 Å². The molecule has 152 valence electrons. The van der Waals surface area contributed by atoms with E-state index in [0.717, 1.165) is 22.5 Å². The van der Waals surface area contributed by atoms with Crippen molar-refractivity contribution in [1.82, 2.24) is 9.88 Å². The third-order valence-electron chi connectivity index (χ3n) is 5.72. The highest BCUT2D eigenvalue weighted by molar-refractivity contribution is 5.68. The number of nitrogens with zero attached hydrogens (tertiary/aromatic N) is 3. The number of pyridine rings is 1. The molecule has 0 unspecified atom stereocenters. The number of aromatic nitrogens is 1. The van der Waals surface area contributed by atoms with Gasteiger partial charge in [0.2, 0.25) is 0 Å². The van der Waals surface area contributed by atoms with Crippen LogP contribution in [0.15, 0.2) is 6.07 Å². The maximum Gasteiger partial charge on any atom is 0.410 e. The lowest BCUT2D eigenvalue weighted by molar-refractivity contribution is -0.134. The zero-order valence-electron chi connectivity index (χ0n) is 18.0. The molecule has 28 heavy (non-hydrogen) atoms. The first kappa shape index (κ1) is 20.6. The summed E-state index contributed by atoms with van der Waals surface area (Å²) in [5, 5.41) is 9.69. The van der Waals surface area contributed by atoms with E-state index in [2.05, 4.69) is 12.1 Å². The number of rotatable bonds is 1. The molecule has 2 aliphatic heterocycles. The number of ether oxygens (including phenoxy) is 2. The van der Waals surface area contributed by atoms with E-state index >= 15 is 0 Å². The summed E-state index contributed by atoms with van der Waals surface area (Å²) in [4.78, 5) is 19.1. The molecule has 1 atom stereocenters. The molecule has 1 amide bonds. The summed E-state index contributed by atoms with van der Waals surface area (Å²) < 4.78 is 12.1. The molecule has 1 spiro atoms. The zero-order valence-corrected chi connectivity index (χ0v) is 18.0. The number of hydrogen-bond donors (Lipinski definition) is 0. The van der Waals surface area contributed by atoms with E-state index in [-0.39, 0.29) is 12.2 Å². The third kappa shape index (κ3) is 3.60. The van der Waals surface area contributed by atoms with E-state index in [0.29, 0.717) is 25.9 Å². The molecule has 0 bridgehead atoms. The van der Waals surface area contributed by atoms with Crippen LogP contribution in [0.2, 0.25) is 0 Å². The van der Waals surface area contributed by atoms with Gasteiger partial charge in [-0.05, 0) is 72.9 Å². The second kappa shape index (κ2) is 6.73. The topological polar surface area (TPSA) is 75.5 Å². The number of amides is 1. The quantitative estimate of drug-likeness (QED) is 0.709. The molecule has 1 saturated heterocycles. The summed E-state index contributed by atoms with van der Waals surface area (Å²) in [6.07, 6.45) is 0.675. The standard InChI is InChI=1S/C22H31N3O3/c1-14-12-16-17(24-15(14)2)22(27-18(16)21(6,7)13-23)8-10-25(11-9-22)19(26)28-20(3,4)5/h12,18H,8-11H2,1-7H3/t18-/m0/s1. The average Bonchev–Trinajstić information content (AvgIpc) is 2.89. The Morgan fingerprint density at radius 1 is 1.29 bits per heavy atom. The Morgan fingerprint density at radius 3 is 2.43 bits per heavy atom. The molecule has 0 aromatic carbocycles. The molecule has 1 fully saturated rings. The fourth-order valence-electron chi connectivity index (χ4n) is 3.96. The first-order chi connectivity index (χ1) is 12.9. The first-order valence-electron chi connectivity index (χ1n) is 9.94. The zero-order chi connectivity index (χ0) is 20.9. The number of fused-ring (bicyclic) bond motifs is 2. The van der Waals surface area contributed by atoms with Crippen LogP contribution in [0, 0.1) is 30.6 Å². The van der Waals surface area contributed by atoms with Crippen molar-refractivity contribution >= 4 is 6.09 Å². The highest BCUT2D eigenvalue weighted by atomic mass is 16.6. The predicted molar refractivity (Wildman–Crippen MR) is 106 cm³/mol. The summed E-state index contributed by atoms with van der Waals surface area (Å²) in [6.45, 7) is 14.6. The molecule has 3 heterocycles. The molecule has 1 aromatic heterocycles. The Balaban J connectivity index is 1.89. The van der Waals surface area contributed by atoms with E-state index in [4.69, 9.17) is 14.5 Å². The van der Waals surface area contributed by atoms with Crippen LogP contribution < -0.4 is 0 Å².